The van der Waals surface area contributed by atoms with E-state index in [-0.39, 0.29) is 5.82 Å². The fourth-order valence-corrected chi connectivity index (χ4v) is 2.46. The van der Waals surface area contributed by atoms with Crippen LogP contribution in [0, 0.1) is 12.7 Å². The Morgan fingerprint density at radius 2 is 1.90 bits per heavy atom. The van der Waals surface area contributed by atoms with Crippen molar-refractivity contribution in [1.29, 1.82) is 0 Å². The number of benzene rings is 2. The number of nitrogens with zero attached hydrogens (tertiary/aromatic N) is 1. The minimum absolute atomic E-state index is 0.159. The lowest BCUT2D eigenvalue weighted by molar-refractivity contribution is 0.639. The molecule has 102 valence electrons. The second-order valence-electron chi connectivity index (χ2n) is 4.92. The summed E-state index contributed by atoms with van der Waals surface area (Å²) in [6, 6.07) is 15.2. The molecule has 0 aliphatic heterocycles. The molecule has 3 heteroatoms. The van der Waals surface area contributed by atoms with Crippen molar-refractivity contribution in [2.45, 2.75) is 13.5 Å². The van der Waals surface area contributed by atoms with Gasteiger partial charge in [0.1, 0.15) is 5.82 Å². The number of hydrogen-bond donors (Lipinski definition) is 1. The number of nitrogens with one attached hydrogen (secondary N) is 1. The molecule has 0 saturated heterocycles. The van der Waals surface area contributed by atoms with Crippen LogP contribution in [0.25, 0.3) is 10.9 Å². The molecule has 0 radical (unpaired) electrons. The van der Waals surface area contributed by atoms with Crippen LogP contribution in [0.4, 0.5) is 10.1 Å². The average Bonchev–Trinajstić information content (AvgIpc) is 2.86. The minimum atomic E-state index is -0.159. The fraction of sp³-hybridized carbons (Fsp3) is 0.176. The van der Waals surface area contributed by atoms with Gasteiger partial charge in [-0.3, -0.25) is 0 Å². The maximum Gasteiger partial charge on any atom is 0.132 e. The smallest absolute Gasteiger partial charge is 0.132 e. The van der Waals surface area contributed by atoms with E-state index < -0.39 is 0 Å². The van der Waals surface area contributed by atoms with Gasteiger partial charge < -0.3 is 9.88 Å². The van der Waals surface area contributed by atoms with Gasteiger partial charge in [-0.2, -0.15) is 0 Å². The number of aromatic nitrogens is 1. The van der Waals surface area contributed by atoms with Crippen molar-refractivity contribution >= 4 is 16.6 Å². The molecule has 0 aliphatic rings. The molecule has 2 nitrogen and oxygen atoms in total. The van der Waals surface area contributed by atoms with Crippen LogP contribution in [0.15, 0.2) is 54.7 Å². The van der Waals surface area contributed by atoms with Crippen LogP contribution < -0.4 is 5.32 Å². The topological polar surface area (TPSA) is 17.0 Å². The first-order chi connectivity index (χ1) is 9.75. The van der Waals surface area contributed by atoms with E-state index >= 15 is 0 Å². The van der Waals surface area contributed by atoms with E-state index in [1.54, 1.807) is 6.07 Å². The minimum Gasteiger partial charge on any atom is -0.383 e. The van der Waals surface area contributed by atoms with Crippen molar-refractivity contribution in [2.24, 2.45) is 0 Å². The molecular weight excluding hydrogens is 251 g/mol. The van der Waals surface area contributed by atoms with Crippen molar-refractivity contribution in [3.63, 3.8) is 0 Å². The van der Waals surface area contributed by atoms with Crippen LogP contribution in [-0.4, -0.2) is 11.1 Å². The van der Waals surface area contributed by atoms with Crippen LogP contribution in [0.2, 0.25) is 0 Å². The predicted molar refractivity (Wildman–Crippen MR) is 81.6 cm³/mol. The van der Waals surface area contributed by atoms with Crippen molar-refractivity contribution < 1.29 is 4.39 Å². The molecule has 3 rings (SSSR count). The van der Waals surface area contributed by atoms with E-state index in [2.05, 4.69) is 28.9 Å². The maximum absolute atomic E-state index is 13.6. The number of halogens is 1. The van der Waals surface area contributed by atoms with Crippen LogP contribution in [0.3, 0.4) is 0 Å². The van der Waals surface area contributed by atoms with Gasteiger partial charge in [0, 0.05) is 30.4 Å². The van der Waals surface area contributed by atoms with Crippen molar-refractivity contribution in [1.82, 2.24) is 4.57 Å². The number of para-hydroxylation sites is 1. The molecule has 0 aliphatic carbocycles. The van der Waals surface area contributed by atoms with Gasteiger partial charge in [-0.05, 0) is 36.8 Å². The molecule has 1 N–H and O–H groups in total. The first-order valence-corrected chi connectivity index (χ1v) is 6.78. The zero-order valence-electron chi connectivity index (χ0n) is 11.4. The van der Waals surface area contributed by atoms with Crippen LogP contribution in [-0.2, 0) is 6.54 Å². The fourth-order valence-electron chi connectivity index (χ4n) is 2.46. The zero-order valence-corrected chi connectivity index (χ0v) is 11.4. The Balaban J connectivity index is 1.72. The molecule has 0 fully saturated rings. The summed E-state index contributed by atoms with van der Waals surface area (Å²) < 4.78 is 15.7. The molecule has 2 aromatic carbocycles. The highest BCUT2D eigenvalue weighted by Crippen LogP contribution is 2.19. The third kappa shape index (κ3) is 2.39. The quantitative estimate of drug-likeness (QED) is 0.750. The molecule has 1 heterocycles. The number of fused-ring (bicyclic) bond motifs is 1. The summed E-state index contributed by atoms with van der Waals surface area (Å²) in [5.74, 6) is -0.159. The first-order valence-electron chi connectivity index (χ1n) is 6.78. The SMILES string of the molecule is Cc1ccccc1NCCn1ccc2c(F)cccc21. The van der Waals surface area contributed by atoms with E-state index in [1.807, 2.05) is 30.5 Å². The van der Waals surface area contributed by atoms with Gasteiger partial charge in [0.15, 0.2) is 0 Å². The van der Waals surface area contributed by atoms with E-state index in [0.717, 1.165) is 24.3 Å². The Labute approximate surface area is 117 Å². The molecular formula is C17H17FN2. The van der Waals surface area contributed by atoms with Crippen LogP contribution >= 0.6 is 0 Å². The Hall–Kier alpha value is -2.29. The van der Waals surface area contributed by atoms with Gasteiger partial charge in [-0.25, -0.2) is 4.39 Å². The lowest BCUT2D eigenvalue weighted by Gasteiger charge is -2.10. The molecule has 0 unspecified atom stereocenters. The first kappa shape index (κ1) is 12.7. The molecule has 1 aromatic heterocycles. The van der Waals surface area contributed by atoms with E-state index in [1.165, 1.54) is 11.6 Å². The Morgan fingerprint density at radius 1 is 1.05 bits per heavy atom. The molecule has 0 bridgehead atoms. The van der Waals surface area contributed by atoms with Gasteiger partial charge >= 0.3 is 0 Å². The van der Waals surface area contributed by atoms with Gasteiger partial charge in [0.2, 0.25) is 0 Å². The third-order valence-corrected chi connectivity index (χ3v) is 3.57. The second-order valence-corrected chi connectivity index (χ2v) is 4.92. The Morgan fingerprint density at radius 3 is 2.75 bits per heavy atom. The van der Waals surface area contributed by atoms with Crippen molar-refractivity contribution in [2.75, 3.05) is 11.9 Å². The van der Waals surface area contributed by atoms with Gasteiger partial charge in [-0.1, -0.05) is 24.3 Å². The molecule has 0 atom stereocenters. The second kappa shape index (κ2) is 5.37. The van der Waals surface area contributed by atoms with Gasteiger partial charge in [-0.15, -0.1) is 0 Å². The maximum atomic E-state index is 13.6. The zero-order chi connectivity index (χ0) is 13.9. The third-order valence-electron chi connectivity index (χ3n) is 3.57. The summed E-state index contributed by atoms with van der Waals surface area (Å²) in [4.78, 5) is 0. The molecule has 0 spiro atoms. The highest BCUT2D eigenvalue weighted by atomic mass is 19.1. The molecule has 0 saturated carbocycles. The number of rotatable bonds is 4. The van der Waals surface area contributed by atoms with Crippen LogP contribution in [0.5, 0.6) is 0 Å². The van der Waals surface area contributed by atoms with Crippen LogP contribution in [0.1, 0.15) is 5.56 Å². The van der Waals surface area contributed by atoms with Crippen molar-refractivity contribution in [3.8, 4) is 0 Å². The normalized spacial score (nSPS) is 10.9. The largest absolute Gasteiger partial charge is 0.383 e. The number of aryl methyl sites for hydroxylation is 1. The molecule has 0 amide bonds. The summed E-state index contributed by atoms with van der Waals surface area (Å²) >= 11 is 0. The summed E-state index contributed by atoms with van der Waals surface area (Å²) in [6.45, 7) is 3.70. The lowest BCUT2D eigenvalue weighted by atomic mass is 10.2. The summed E-state index contributed by atoms with van der Waals surface area (Å²) in [7, 11) is 0. The highest BCUT2D eigenvalue weighted by Gasteiger charge is 2.04. The molecule has 3 aromatic rings. The summed E-state index contributed by atoms with van der Waals surface area (Å²) in [5.41, 5.74) is 3.32. The highest BCUT2D eigenvalue weighted by molar-refractivity contribution is 5.80. The van der Waals surface area contributed by atoms with E-state index in [9.17, 15) is 4.39 Å². The number of hydrogen-bond acceptors (Lipinski definition) is 1. The van der Waals surface area contributed by atoms with E-state index in [4.69, 9.17) is 0 Å². The standard InChI is InChI=1S/C17H17FN2/c1-13-5-2-3-7-16(13)19-10-12-20-11-9-14-15(18)6-4-8-17(14)20/h2-9,11,19H,10,12H2,1H3. The average molecular weight is 268 g/mol. The van der Waals surface area contributed by atoms with Gasteiger partial charge in [0.05, 0.1) is 5.52 Å². The predicted octanol–water partition coefficient (Wildman–Crippen LogP) is 4.20. The summed E-state index contributed by atoms with van der Waals surface area (Å²) in [6.07, 6.45) is 1.94. The Bertz CT molecular complexity index is 731. The number of anilines is 1. The Kier molecular flexibility index (Phi) is 3.42. The summed E-state index contributed by atoms with van der Waals surface area (Å²) in [5, 5.41) is 4.10. The monoisotopic (exact) mass is 268 g/mol. The lowest BCUT2D eigenvalue weighted by Crippen LogP contribution is -2.10. The van der Waals surface area contributed by atoms with Crippen molar-refractivity contribution in [3.05, 3.63) is 66.1 Å². The van der Waals surface area contributed by atoms with E-state index in [0.29, 0.717) is 5.39 Å². The van der Waals surface area contributed by atoms with Gasteiger partial charge in [0.25, 0.3) is 0 Å². The molecule has 20 heavy (non-hydrogen) atoms.